The van der Waals surface area contributed by atoms with E-state index in [-0.39, 0.29) is 20.3 Å². The fourth-order valence-electron chi connectivity index (χ4n) is 3.45. The second kappa shape index (κ2) is 8.43. The molecule has 1 fully saturated rings. The predicted octanol–water partition coefficient (Wildman–Crippen LogP) is 4.25. The van der Waals surface area contributed by atoms with Gasteiger partial charge in [-0.05, 0) is 36.0 Å². The Morgan fingerprint density at radius 2 is 1.77 bits per heavy atom. The Labute approximate surface area is 188 Å². The zero-order valence-electron chi connectivity index (χ0n) is 17.6. The summed E-state index contributed by atoms with van der Waals surface area (Å²) in [5.74, 6) is -0.231. The van der Waals surface area contributed by atoms with Crippen LogP contribution in [0.4, 0.5) is 5.69 Å². The van der Waals surface area contributed by atoms with Crippen LogP contribution >= 0.6 is 22.9 Å². The highest BCUT2D eigenvalue weighted by atomic mass is 35.5. The third-order valence-corrected chi connectivity index (χ3v) is 10.9. The van der Waals surface area contributed by atoms with Crippen molar-refractivity contribution in [2.75, 3.05) is 32.1 Å². The first-order valence-electron chi connectivity index (χ1n) is 9.60. The number of sulfonamides is 1. The molecule has 3 rings (SSSR count). The highest BCUT2D eigenvalue weighted by Gasteiger charge is 2.30. The summed E-state index contributed by atoms with van der Waals surface area (Å²) in [5, 5.41) is 1.90. The fourth-order valence-corrected chi connectivity index (χ4v) is 7.73. The standard InChI is InChI=1S/C20H27ClN2O4S3/c1-20(2)8-10-23(11-9-20)19-15(6-5-7-17(19)21)14-29(24,25)18-12-16(13-28-18)30(26,27)22(3)4/h5-7,12-13H,8-11,14H2,1-4H3. The lowest BCUT2D eigenvalue weighted by atomic mass is 9.82. The highest BCUT2D eigenvalue weighted by Crippen LogP contribution is 2.38. The first-order valence-corrected chi connectivity index (χ1v) is 13.9. The molecule has 0 saturated carbocycles. The number of para-hydroxylation sites is 1. The molecule has 1 aromatic heterocycles. The number of hydrogen-bond acceptors (Lipinski definition) is 6. The van der Waals surface area contributed by atoms with Gasteiger partial charge in [0, 0.05) is 32.6 Å². The van der Waals surface area contributed by atoms with Crippen LogP contribution in [0.3, 0.4) is 0 Å². The summed E-state index contributed by atoms with van der Waals surface area (Å²) in [6.45, 7) is 6.10. The molecule has 30 heavy (non-hydrogen) atoms. The molecule has 10 heteroatoms. The van der Waals surface area contributed by atoms with Gasteiger partial charge in [0.05, 0.1) is 21.4 Å². The predicted molar refractivity (Wildman–Crippen MR) is 123 cm³/mol. The molecule has 2 aromatic rings. The molecule has 2 heterocycles. The molecule has 1 aliphatic rings. The van der Waals surface area contributed by atoms with E-state index in [2.05, 4.69) is 18.7 Å². The molecule has 0 spiro atoms. The largest absolute Gasteiger partial charge is 0.370 e. The number of piperidine rings is 1. The molecule has 0 bridgehead atoms. The summed E-state index contributed by atoms with van der Waals surface area (Å²) >= 11 is 7.41. The summed E-state index contributed by atoms with van der Waals surface area (Å²) in [7, 11) is -4.58. The molecular weight excluding hydrogens is 464 g/mol. The van der Waals surface area contributed by atoms with Gasteiger partial charge < -0.3 is 4.90 Å². The Morgan fingerprint density at radius 1 is 1.13 bits per heavy atom. The molecule has 0 aliphatic carbocycles. The van der Waals surface area contributed by atoms with Crippen molar-refractivity contribution in [2.45, 2.75) is 41.5 Å². The second-order valence-corrected chi connectivity index (χ2v) is 14.2. The fraction of sp³-hybridized carbons (Fsp3) is 0.500. The van der Waals surface area contributed by atoms with Gasteiger partial charge >= 0.3 is 0 Å². The van der Waals surface area contributed by atoms with Gasteiger partial charge in [0.1, 0.15) is 4.21 Å². The van der Waals surface area contributed by atoms with Crippen LogP contribution in [-0.4, -0.2) is 48.3 Å². The smallest absolute Gasteiger partial charge is 0.243 e. The molecule has 0 unspecified atom stereocenters. The quantitative estimate of drug-likeness (QED) is 0.605. The van der Waals surface area contributed by atoms with E-state index in [1.165, 1.54) is 25.5 Å². The first kappa shape index (κ1) is 23.5. The number of rotatable bonds is 6. The normalized spacial score (nSPS) is 17.5. The van der Waals surface area contributed by atoms with Crippen LogP contribution in [0.2, 0.25) is 5.02 Å². The lowest BCUT2D eigenvalue weighted by Gasteiger charge is -2.39. The Hall–Kier alpha value is -1.13. The molecule has 1 aromatic carbocycles. The summed E-state index contributed by atoms with van der Waals surface area (Å²) < 4.78 is 51.9. The van der Waals surface area contributed by atoms with Crippen molar-refractivity contribution >= 4 is 48.5 Å². The van der Waals surface area contributed by atoms with Gasteiger partial charge in [0.2, 0.25) is 10.0 Å². The Morgan fingerprint density at radius 3 is 2.37 bits per heavy atom. The maximum atomic E-state index is 13.1. The van der Waals surface area contributed by atoms with Crippen molar-refractivity contribution in [2.24, 2.45) is 5.41 Å². The van der Waals surface area contributed by atoms with Crippen LogP contribution in [0, 0.1) is 5.41 Å². The molecule has 1 saturated heterocycles. The number of hydrogen-bond donors (Lipinski definition) is 0. The third kappa shape index (κ3) is 4.85. The lowest BCUT2D eigenvalue weighted by Crippen LogP contribution is -2.38. The van der Waals surface area contributed by atoms with Gasteiger partial charge in [-0.1, -0.05) is 37.6 Å². The van der Waals surface area contributed by atoms with Crippen molar-refractivity contribution in [3.8, 4) is 0 Å². The Balaban J connectivity index is 1.92. The minimum absolute atomic E-state index is 0.0133. The molecule has 0 amide bonds. The number of thiophene rings is 1. The summed E-state index contributed by atoms with van der Waals surface area (Å²) in [6, 6.07) is 6.55. The van der Waals surface area contributed by atoms with Crippen molar-refractivity contribution < 1.29 is 16.8 Å². The van der Waals surface area contributed by atoms with Gasteiger partial charge in [-0.25, -0.2) is 21.1 Å². The monoisotopic (exact) mass is 490 g/mol. The van der Waals surface area contributed by atoms with Crippen LogP contribution in [0.1, 0.15) is 32.3 Å². The molecule has 1 aliphatic heterocycles. The van der Waals surface area contributed by atoms with Gasteiger partial charge in [0.25, 0.3) is 0 Å². The first-order chi connectivity index (χ1) is 13.8. The van der Waals surface area contributed by atoms with Crippen LogP contribution in [-0.2, 0) is 25.6 Å². The van der Waals surface area contributed by atoms with Crippen LogP contribution in [0.5, 0.6) is 0 Å². The average Bonchev–Trinajstić information content (AvgIpc) is 3.14. The van der Waals surface area contributed by atoms with Crippen LogP contribution < -0.4 is 4.90 Å². The SMILES string of the molecule is CN(C)S(=O)(=O)c1csc(S(=O)(=O)Cc2cccc(Cl)c2N2CCC(C)(C)CC2)c1. The maximum Gasteiger partial charge on any atom is 0.243 e. The summed E-state index contributed by atoms with van der Waals surface area (Å²) in [5.41, 5.74) is 1.65. The Bertz CT molecular complexity index is 1130. The number of halogens is 1. The van der Waals surface area contributed by atoms with E-state index in [4.69, 9.17) is 11.6 Å². The van der Waals surface area contributed by atoms with E-state index in [1.54, 1.807) is 18.2 Å². The molecule has 166 valence electrons. The topological polar surface area (TPSA) is 74.8 Å². The van der Waals surface area contributed by atoms with Gasteiger partial charge in [-0.3, -0.25) is 0 Å². The molecule has 0 N–H and O–H groups in total. The number of anilines is 1. The van der Waals surface area contributed by atoms with Gasteiger partial charge in [-0.2, -0.15) is 0 Å². The highest BCUT2D eigenvalue weighted by molar-refractivity contribution is 7.93. The summed E-state index contributed by atoms with van der Waals surface area (Å²) in [6.07, 6.45) is 2.00. The van der Waals surface area contributed by atoms with E-state index in [9.17, 15) is 16.8 Å². The maximum absolute atomic E-state index is 13.1. The van der Waals surface area contributed by atoms with Crippen molar-refractivity contribution in [3.63, 3.8) is 0 Å². The molecule has 6 nitrogen and oxygen atoms in total. The lowest BCUT2D eigenvalue weighted by molar-refractivity contribution is 0.279. The van der Waals surface area contributed by atoms with Gasteiger partial charge in [-0.15, -0.1) is 11.3 Å². The van der Waals surface area contributed by atoms with Crippen LogP contribution in [0.25, 0.3) is 0 Å². The zero-order valence-corrected chi connectivity index (χ0v) is 20.8. The van der Waals surface area contributed by atoms with E-state index in [0.717, 1.165) is 47.3 Å². The summed E-state index contributed by atoms with van der Waals surface area (Å²) in [4.78, 5) is 2.15. The Kier molecular flexibility index (Phi) is 6.61. The molecule has 0 radical (unpaired) electrons. The van der Waals surface area contributed by atoms with E-state index in [1.807, 2.05) is 0 Å². The van der Waals surface area contributed by atoms with Crippen molar-refractivity contribution in [1.29, 1.82) is 0 Å². The number of sulfone groups is 1. The van der Waals surface area contributed by atoms with Crippen LogP contribution in [0.15, 0.2) is 38.8 Å². The van der Waals surface area contributed by atoms with E-state index < -0.39 is 19.9 Å². The average molecular weight is 491 g/mol. The van der Waals surface area contributed by atoms with Crippen molar-refractivity contribution in [3.05, 3.63) is 40.2 Å². The number of nitrogens with zero attached hydrogens (tertiary/aromatic N) is 2. The van der Waals surface area contributed by atoms with Crippen molar-refractivity contribution in [1.82, 2.24) is 4.31 Å². The molecule has 0 atom stereocenters. The zero-order chi connectivity index (χ0) is 22.3. The molecular formula is C20H27ClN2O4S3. The van der Waals surface area contributed by atoms with Gasteiger partial charge in [0.15, 0.2) is 9.84 Å². The minimum Gasteiger partial charge on any atom is -0.370 e. The minimum atomic E-state index is -3.73. The van der Waals surface area contributed by atoms with E-state index >= 15 is 0 Å². The number of benzene rings is 1. The second-order valence-electron chi connectivity index (χ2n) is 8.55. The van der Waals surface area contributed by atoms with E-state index in [0.29, 0.717) is 10.6 Å². The third-order valence-electron chi connectivity index (χ3n) is 5.49.